The standard InChI is InChI=1S/C8H10N4O/c1-2-8-11-7(12-13-8)5-6-9-3-4-10-6/h3-4H,2,5H2,1H3,(H,9,10). The van der Waals surface area contributed by atoms with Gasteiger partial charge in [0.25, 0.3) is 0 Å². The van der Waals surface area contributed by atoms with Gasteiger partial charge >= 0.3 is 0 Å². The van der Waals surface area contributed by atoms with Crippen molar-refractivity contribution in [3.8, 4) is 0 Å². The highest BCUT2D eigenvalue weighted by molar-refractivity contribution is 4.98. The third-order valence-corrected chi connectivity index (χ3v) is 1.69. The Labute approximate surface area is 75.2 Å². The lowest BCUT2D eigenvalue weighted by molar-refractivity contribution is 0.377. The molecule has 0 aliphatic heterocycles. The van der Waals surface area contributed by atoms with Gasteiger partial charge < -0.3 is 9.51 Å². The maximum Gasteiger partial charge on any atom is 0.226 e. The molecule has 2 heterocycles. The molecule has 0 aliphatic carbocycles. The Bertz CT molecular complexity index is 365. The summed E-state index contributed by atoms with van der Waals surface area (Å²) in [5, 5.41) is 3.82. The molecule has 0 amide bonds. The van der Waals surface area contributed by atoms with E-state index >= 15 is 0 Å². The van der Waals surface area contributed by atoms with Crippen LogP contribution in [0.15, 0.2) is 16.9 Å². The van der Waals surface area contributed by atoms with Gasteiger partial charge in [-0.15, -0.1) is 0 Å². The lowest BCUT2D eigenvalue weighted by Crippen LogP contribution is -1.93. The Morgan fingerprint density at radius 3 is 3.08 bits per heavy atom. The summed E-state index contributed by atoms with van der Waals surface area (Å²) in [5.41, 5.74) is 0. The largest absolute Gasteiger partial charge is 0.348 e. The summed E-state index contributed by atoms with van der Waals surface area (Å²) in [5.74, 6) is 2.19. The molecule has 0 saturated heterocycles. The van der Waals surface area contributed by atoms with Crippen molar-refractivity contribution >= 4 is 0 Å². The second-order valence-electron chi connectivity index (χ2n) is 2.67. The summed E-state index contributed by atoms with van der Waals surface area (Å²) in [4.78, 5) is 11.2. The number of rotatable bonds is 3. The number of hydrogen-bond acceptors (Lipinski definition) is 4. The van der Waals surface area contributed by atoms with Gasteiger partial charge in [0, 0.05) is 18.8 Å². The molecule has 5 heteroatoms. The van der Waals surface area contributed by atoms with Gasteiger partial charge in [-0.2, -0.15) is 4.98 Å². The number of aromatic nitrogens is 4. The van der Waals surface area contributed by atoms with Gasteiger partial charge in [-0.05, 0) is 0 Å². The van der Waals surface area contributed by atoms with Crippen molar-refractivity contribution in [3.63, 3.8) is 0 Å². The topological polar surface area (TPSA) is 67.6 Å². The predicted molar refractivity (Wildman–Crippen MR) is 45.1 cm³/mol. The first-order chi connectivity index (χ1) is 6.38. The van der Waals surface area contributed by atoms with Gasteiger partial charge in [-0.25, -0.2) is 4.98 Å². The van der Waals surface area contributed by atoms with E-state index in [9.17, 15) is 0 Å². The number of aryl methyl sites for hydroxylation is 1. The van der Waals surface area contributed by atoms with Crippen LogP contribution in [-0.2, 0) is 12.8 Å². The van der Waals surface area contributed by atoms with Gasteiger partial charge in [0.15, 0.2) is 5.82 Å². The molecule has 0 aromatic carbocycles. The minimum absolute atomic E-state index is 0.594. The normalized spacial score (nSPS) is 10.5. The average molecular weight is 178 g/mol. The maximum atomic E-state index is 4.96. The fourth-order valence-electron chi connectivity index (χ4n) is 1.05. The first kappa shape index (κ1) is 7.97. The zero-order chi connectivity index (χ0) is 9.10. The number of nitrogens with one attached hydrogen (secondary N) is 1. The molecule has 68 valence electrons. The first-order valence-electron chi connectivity index (χ1n) is 4.18. The highest BCUT2D eigenvalue weighted by Gasteiger charge is 2.05. The van der Waals surface area contributed by atoms with E-state index in [0.717, 1.165) is 12.2 Å². The molecule has 2 rings (SSSR count). The average Bonchev–Trinajstić information content (AvgIpc) is 2.76. The molecule has 5 nitrogen and oxygen atoms in total. The summed E-state index contributed by atoms with van der Waals surface area (Å²) < 4.78 is 4.96. The van der Waals surface area contributed by atoms with E-state index in [1.54, 1.807) is 12.4 Å². The molecular weight excluding hydrogens is 168 g/mol. The summed E-state index contributed by atoms with van der Waals surface area (Å²) >= 11 is 0. The van der Waals surface area contributed by atoms with Crippen LogP contribution < -0.4 is 0 Å². The Morgan fingerprint density at radius 1 is 1.54 bits per heavy atom. The van der Waals surface area contributed by atoms with Crippen molar-refractivity contribution in [3.05, 3.63) is 29.9 Å². The van der Waals surface area contributed by atoms with Crippen molar-refractivity contribution in [2.75, 3.05) is 0 Å². The quantitative estimate of drug-likeness (QED) is 0.759. The molecule has 0 bridgehead atoms. The van der Waals surface area contributed by atoms with E-state index < -0.39 is 0 Å². The smallest absolute Gasteiger partial charge is 0.226 e. The lowest BCUT2D eigenvalue weighted by atomic mass is 10.4. The zero-order valence-electron chi connectivity index (χ0n) is 7.32. The fraction of sp³-hybridized carbons (Fsp3) is 0.375. The summed E-state index contributed by atoms with van der Waals surface area (Å²) in [6.07, 6.45) is 4.84. The van der Waals surface area contributed by atoms with Gasteiger partial charge in [-0.3, -0.25) is 0 Å². The molecule has 0 radical (unpaired) electrons. The molecule has 0 atom stereocenters. The second-order valence-corrected chi connectivity index (χ2v) is 2.67. The Hall–Kier alpha value is -1.65. The molecule has 0 fully saturated rings. The van der Waals surface area contributed by atoms with Gasteiger partial charge in [0.1, 0.15) is 5.82 Å². The van der Waals surface area contributed by atoms with Crippen LogP contribution in [-0.4, -0.2) is 20.1 Å². The SMILES string of the molecule is CCc1nc(Cc2ncc[nH]2)no1. The monoisotopic (exact) mass is 178 g/mol. The van der Waals surface area contributed by atoms with Gasteiger partial charge in [0.05, 0.1) is 6.42 Å². The van der Waals surface area contributed by atoms with Gasteiger partial charge in [0.2, 0.25) is 5.89 Å². The highest BCUT2D eigenvalue weighted by Crippen LogP contribution is 2.02. The predicted octanol–water partition coefficient (Wildman–Crippen LogP) is 0.946. The minimum atomic E-state index is 0.594. The van der Waals surface area contributed by atoms with E-state index in [4.69, 9.17) is 4.52 Å². The molecule has 0 saturated carbocycles. The van der Waals surface area contributed by atoms with Crippen LogP contribution >= 0.6 is 0 Å². The molecular formula is C8H10N4O. The number of hydrogen-bond donors (Lipinski definition) is 1. The van der Waals surface area contributed by atoms with Crippen LogP contribution in [0, 0.1) is 0 Å². The number of nitrogens with zero attached hydrogens (tertiary/aromatic N) is 3. The molecule has 1 N–H and O–H groups in total. The zero-order valence-corrected chi connectivity index (χ0v) is 7.32. The van der Waals surface area contributed by atoms with Crippen molar-refractivity contribution in [1.82, 2.24) is 20.1 Å². The molecule has 2 aromatic heterocycles. The second kappa shape index (κ2) is 3.38. The van der Waals surface area contributed by atoms with Crippen LogP contribution in [0.4, 0.5) is 0 Å². The third kappa shape index (κ3) is 1.74. The maximum absolute atomic E-state index is 4.96. The molecule has 0 spiro atoms. The first-order valence-corrected chi connectivity index (χ1v) is 4.18. The van der Waals surface area contributed by atoms with E-state index in [-0.39, 0.29) is 0 Å². The number of imidazole rings is 1. The highest BCUT2D eigenvalue weighted by atomic mass is 16.5. The summed E-state index contributed by atoms with van der Waals surface area (Å²) in [7, 11) is 0. The van der Waals surface area contributed by atoms with E-state index in [2.05, 4.69) is 20.1 Å². The van der Waals surface area contributed by atoms with Crippen LogP contribution in [0.3, 0.4) is 0 Å². The lowest BCUT2D eigenvalue weighted by Gasteiger charge is -1.86. The van der Waals surface area contributed by atoms with Gasteiger partial charge in [-0.1, -0.05) is 12.1 Å². The summed E-state index contributed by atoms with van der Waals surface area (Å²) in [6.45, 7) is 1.98. The molecule has 13 heavy (non-hydrogen) atoms. The van der Waals surface area contributed by atoms with Crippen LogP contribution in [0.5, 0.6) is 0 Å². The van der Waals surface area contributed by atoms with Crippen LogP contribution in [0.2, 0.25) is 0 Å². The Morgan fingerprint density at radius 2 is 2.46 bits per heavy atom. The third-order valence-electron chi connectivity index (χ3n) is 1.69. The van der Waals surface area contributed by atoms with Crippen LogP contribution in [0.25, 0.3) is 0 Å². The van der Waals surface area contributed by atoms with Crippen molar-refractivity contribution in [2.24, 2.45) is 0 Å². The molecule has 0 aliphatic rings. The fourth-order valence-corrected chi connectivity index (χ4v) is 1.05. The Balaban J connectivity index is 2.10. The summed E-state index contributed by atoms with van der Waals surface area (Å²) in [6, 6.07) is 0. The van der Waals surface area contributed by atoms with E-state index in [1.807, 2.05) is 6.92 Å². The minimum Gasteiger partial charge on any atom is -0.348 e. The van der Waals surface area contributed by atoms with Crippen molar-refractivity contribution in [1.29, 1.82) is 0 Å². The Kier molecular flexibility index (Phi) is 2.08. The van der Waals surface area contributed by atoms with E-state index in [1.165, 1.54) is 0 Å². The number of aromatic amines is 1. The molecule has 2 aromatic rings. The molecule has 0 unspecified atom stereocenters. The number of H-pyrrole nitrogens is 1. The van der Waals surface area contributed by atoms with Crippen molar-refractivity contribution < 1.29 is 4.52 Å². The van der Waals surface area contributed by atoms with Crippen LogP contribution in [0.1, 0.15) is 24.5 Å². The van der Waals surface area contributed by atoms with E-state index in [0.29, 0.717) is 18.1 Å². The van der Waals surface area contributed by atoms with Crippen molar-refractivity contribution in [2.45, 2.75) is 19.8 Å².